The zero-order valence-electron chi connectivity index (χ0n) is 8.08. The van der Waals surface area contributed by atoms with Crippen LogP contribution in [-0.2, 0) is 4.79 Å². The van der Waals surface area contributed by atoms with Crippen LogP contribution < -0.4 is 5.32 Å². The maximum Gasteiger partial charge on any atom is 0.319 e. The SMILES string of the molecule is O=C1NC(c2ccccc2)C([N+](=O)[O-])=C1O. The van der Waals surface area contributed by atoms with Crippen molar-refractivity contribution in [2.45, 2.75) is 6.04 Å². The van der Waals surface area contributed by atoms with Gasteiger partial charge >= 0.3 is 5.70 Å². The van der Waals surface area contributed by atoms with Crippen LogP contribution in [0.25, 0.3) is 0 Å². The lowest BCUT2D eigenvalue weighted by molar-refractivity contribution is -0.432. The second kappa shape index (κ2) is 3.65. The summed E-state index contributed by atoms with van der Waals surface area (Å²) in [6.07, 6.45) is 0. The lowest BCUT2D eigenvalue weighted by Gasteiger charge is -2.08. The number of carbonyl (C=O) groups is 1. The Labute approximate surface area is 90.4 Å². The van der Waals surface area contributed by atoms with Crippen molar-refractivity contribution >= 4 is 5.91 Å². The second-order valence-corrected chi connectivity index (χ2v) is 3.31. The Morgan fingerprint density at radius 2 is 1.94 bits per heavy atom. The smallest absolute Gasteiger partial charge is 0.319 e. The highest BCUT2D eigenvalue weighted by Crippen LogP contribution is 2.28. The van der Waals surface area contributed by atoms with Crippen LogP contribution >= 0.6 is 0 Å². The minimum atomic E-state index is -0.885. The fourth-order valence-corrected chi connectivity index (χ4v) is 1.60. The topological polar surface area (TPSA) is 92.5 Å². The molecule has 0 saturated carbocycles. The summed E-state index contributed by atoms with van der Waals surface area (Å²) in [6.45, 7) is 0. The molecule has 6 heteroatoms. The van der Waals surface area contributed by atoms with E-state index in [1.165, 1.54) is 0 Å². The Morgan fingerprint density at radius 1 is 1.31 bits per heavy atom. The molecule has 6 nitrogen and oxygen atoms in total. The molecule has 2 N–H and O–H groups in total. The van der Waals surface area contributed by atoms with E-state index in [0.29, 0.717) is 5.56 Å². The standard InChI is InChI=1S/C10H8N2O4/c13-9-8(12(15)16)7(11-10(9)14)6-4-2-1-3-5-6/h1-5,7,13H,(H,11,14). The van der Waals surface area contributed by atoms with Gasteiger partial charge in [-0.05, 0) is 5.56 Å². The third-order valence-electron chi connectivity index (χ3n) is 2.34. The number of benzene rings is 1. The van der Waals surface area contributed by atoms with Crippen LogP contribution in [0.3, 0.4) is 0 Å². The van der Waals surface area contributed by atoms with Gasteiger partial charge < -0.3 is 10.4 Å². The summed E-state index contributed by atoms with van der Waals surface area (Å²) in [6, 6.07) is 7.57. The average Bonchev–Trinajstić information content (AvgIpc) is 2.57. The molecule has 0 radical (unpaired) electrons. The number of nitrogens with zero attached hydrogens (tertiary/aromatic N) is 1. The van der Waals surface area contributed by atoms with E-state index in [4.69, 9.17) is 0 Å². The van der Waals surface area contributed by atoms with Crippen molar-refractivity contribution in [3.05, 3.63) is 57.5 Å². The molecular formula is C10H8N2O4. The van der Waals surface area contributed by atoms with Crippen LogP contribution in [0, 0.1) is 10.1 Å². The lowest BCUT2D eigenvalue weighted by Crippen LogP contribution is -2.23. The molecule has 1 aromatic rings. The molecule has 82 valence electrons. The quantitative estimate of drug-likeness (QED) is 0.572. The zero-order chi connectivity index (χ0) is 11.7. The molecule has 0 saturated heterocycles. The number of hydrogen-bond donors (Lipinski definition) is 2. The summed E-state index contributed by atoms with van der Waals surface area (Å²) in [5.74, 6) is -1.64. The van der Waals surface area contributed by atoms with Crippen LogP contribution in [-0.4, -0.2) is 15.9 Å². The van der Waals surface area contributed by atoms with Gasteiger partial charge in [-0.15, -0.1) is 0 Å². The summed E-state index contributed by atoms with van der Waals surface area (Å²) in [7, 11) is 0. The third kappa shape index (κ3) is 1.50. The van der Waals surface area contributed by atoms with Crippen LogP contribution in [0.5, 0.6) is 0 Å². The molecule has 0 aliphatic carbocycles. The molecule has 1 aliphatic heterocycles. The number of hydrogen-bond acceptors (Lipinski definition) is 4. The molecule has 1 aliphatic rings. The predicted octanol–water partition coefficient (Wildman–Crippen LogP) is 0.904. The molecule has 16 heavy (non-hydrogen) atoms. The molecule has 0 fully saturated rings. The van der Waals surface area contributed by atoms with Gasteiger partial charge in [-0.1, -0.05) is 30.3 Å². The summed E-state index contributed by atoms with van der Waals surface area (Å²) in [4.78, 5) is 21.1. The van der Waals surface area contributed by atoms with Crippen molar-refractivity contribution < 1.29 is 14.8 Å². The van der Waals surface area contributed by atoms with Crippen molar-refractivity contribution in [1.29, 1.82) is 0 Å². The van der Waals surface area contributed by atoms with Crippen LogP contribution in [0.15, 0.2) is 41.8 Å². The summed E-state index contributed by atoms with van der Waals surface area (Å²) in [5.41, 5.74) is 0.0581. The Hall–Kier alpha value is -2.37. The van der Waals surface area contributed by atoms with E-state index in [1.54, 1.807) is 30.3 Å². The molecule has 0 bridgehead atoms. The maximum atomic E-state index is 11.1. The van der Waals surface area contributed by atoms with E-state index >= 15 is 0 Å². The van der Waals surface area contributed by atoms with Gasteiger partial charge in [-0.25, -0.2) is 0 Å². The number of nitro groups is 1. The van der Waals surface area contributed by atoms with Crippen molar-refractivity contribution in [2.24, 2.45) is 0 Å². The number of aliphatic hydroxyl groups excluding tert-OH is 1. The van der Waals surface area contributed by atoms with Crippen LogP contribution in [0.4, 0.5) is 0 Å². The largest absolute Gasteiger partial charge is 0.498 e. The van der Waals surface area contributed by atoms with E-state index < -0.39 is 28.3 Å². The molecular weight excluding hydrogens is 212 g/mol. The first kappa shape index (κ1) is 10.2. The van der Waals surface area contributed by atoms with E-state index in [-0.39, 0.29) is 0 Å². The minimum absolute atomic E-state index is 0.504. The van der Waals surface area contributed by atoms with Crippen molar-refractivity contribution in [3.8, 4) is 0 Å². The van der Waals surface area contributed by atoms with Gasteiger partial charge in [0.15, 0.2) is 0 Å². The van der Waals surface area contributed by atoms with Gasteiger partial charge in [-0.2, -0.15) is 0 Å². The summed E-state index contributed by atoms with van der Waals surface area (Å²) in [5, 5.41) is 22.4. The number of rotatable bonds is 2. The third-order valence-corrected chi connectivity index (χ3v) is 2.34. The first-order valence-electron chi connectivity index (χ1n) is 4.54. The van der Waals surface area contributed by atoms with E-state index in [0.717, 1.165) is 0 Å². The monoisotopic (exact) mass is 220 g/mol. The lowest BCUT2D eigenvalue weighted by atomic mass is 10.1. The number of nitrogens with one attached hydrogen (secondary N) is 1. The van der Waals surface area contributed by atoms with Gasteiger partial charge in [0.05, 0.1) is 4.92 Å². The Bertz CT molecular complexity index is 481. The Balaban J connectivity index is 2.45. The highest BCUT2D eigenvalue weighted by atomic mass is 16.6. The molecule has 1 unspecified atom stereocenters. The van der Waals surface area contributed by atoms with Gasteiger partial charge in [0.2, 0.25) is 0 Å². The van der Waals surface area contributed by atoms with E-state index in [1.807, 2.05) is 0 Å². The molecule has 0 aromatic heterocycles. The first-order valence-corrected chi connectivity index (χ1v) is 4.54. The molecule has 1 heterocycles. The number of aliphatic hydroxyl groups is 1. The molecule has 0 spiro atoms. The van der Waals surface area contributed by atoms with Crippen LogP contribution in [0.2, 0.25) is 0 Å². The maximum absolute atomic E-state index is 11.1. The first-order chi connectivity index (χ1) is 7.61. The highest BCUT2D eigenvalue weighted by molar-refractivity contribution is 5.94. The van der Waals surface area contributed by atoms with Crippen molar-refractivity contribution in [3.63, 3.8) is 0 Å². The zero-order valence-corrected chi connectivity index (χ0v) is 8.08. The van der Waals surface area contributed by atoms with Gasteiger partial charge in [0, 0.05) is 0 Å². The minimum Gasteiger partial charge on any atom is -0.498 e. The fraction of sp³-hybridized carbons (Fsp3) is 0.100. The van der Waals surface area contributed by atoms with Gasteiger partial charge in [-0.3, -0.25) is 14.9 Å². The van der Waals surface area contributed by atoms with Gasteiger partial charge in [0.1, 0.15) is 6.04 Å². The van der Waals surface area contributed by atoms with Crippen molar-refractivity contribution in [1.82, 2.24) is 5.32 Å². The molecule has 1 atom stereocenters. The van der Waals surface area contributed by atoms with E-state index in [9.17, 15) is 20.0 Å². The predicted molar refractivity (Wildman–Crippen MR) is 54.0 cm³/mol. The molecule has 1 aromatic carbocycles. The summed E-state index contributed by atoms with van der Waals surface area (Å²) < 4.78 is 0. The number of carbonyl (C=O) groups excluding carboxylic acids is 1. The Kier molecular flexibility index (Phi) is 2.32. The number of amides is 1. The normalized spacial score (nSPS) is 19.8. The van der Waals surface area contributed by atoms with Crippen LogP contribution in [0.1, 0.15) is 11.6 Å². The van der Waals surface area contributed by atoms with Gasteiger partial charge in [0.25, 0.3) is 11.7 Å². The average molecular weight is 220 g/mol. The summed E-state index contributed by atoms with van der Waals surface area (Å²) >= 11 is 0. The second-order valence-electron chi connectivity index (χ2n) is 3.31. The van der Waals surface area contributed by atoms with Crippen molar-refractivity contribution in [2.75, 3.05) is 0 Å². The molecule has 2 rings (SSSR count). The Morgan fingerprint density at radius 3 is 2.50 bits per heavy atom. The highest BCUT2D eigenvalue weighted by Gasteiger charge is 2.41. The fourth-order valence-electron chi connectivity index (χ4n) is 1.60. The van der Waals surface area contributed by atoms with E-state index in [2.05, 4.69) is 5.32 Å². The molecule has 1 amide bonds.